The Morgan fingerprint density at radius 3 is 1.34 bits per heavy atom. The summed E-state index contributed by atoms with van der Waals surface area (Å²) in [6.45, 7) is 2.13. The standard InChI is InChI=1S/C41H28/c1-27-12-14-28(15-13-27)29-16-18-32(19-17-29)34-22-20-33-21-23-36-38(30-8-4-2-5-9-30)26-39(31-10-6-3-7-11-31)37-25-24-35(34)40(33)41(36)37/h2-26H,1H3. The largest absolute Gasteiger partial charge is 0.0622 e. The fourth-order valence-corrected chi connectivity index (χ4v) is 6.45. The highest BCUT2D eigenvalue weighted by Gasteiger charge is 2.18. The lowest BCUT2D eigenvalue weighted by Gasteiger charge is -2.19. The SMILES string of the molecule is Cc1ccc(-c2ccc(-c3ccc4ccc5c(-c6ccccc6)cc(-c6ccccc6)c6ccc3c4c56)cc2)cc1. The normalized spacial score (nSPS) is 11.5. The molecule has 0 unspecified atom stereocenters. The van der Waals surface area contributed by atoms with E-state index in [1.54, 1.807) is 0 Å². The molecule has 0 heteroatoms. The van der Waals surface area contributed by atoms with E-state index in [-0.39, 0.29) is 0 Å². The van der Waals surface area contributed by atoms with Crippen LogP contribution in [-0.2, 0) is 0 Å². The summed E-state index contributed by atoms with van der Waals surface area (Å²) in [5.74, 6) is 0. The summed E-state index contributed by atoms with van der Waals surface area (Å²) in [5.41, 5.74) is 11.3. The summed E-state index contributed by atoms with van der Waals surface area (Å²) in [5, 5.41) is 7.87. The Labute approximate surface area is 240 Å². The Balaban J connectivity index is 1.39. The lowest BCUT2D eigenvalue weighted by molar-refractivity contribution is 1.47. The maximum atomic E-state index is 2.39. The zero-order valence-electron chi connectivity index (χ0n) is 22.9. The average Bonchev–Trinajstić information content (AvgIpc) is 3.04. The van der Waals surface area contributed by atoms with Gasteiger partial charge in [-0.1, -0.05) is 151 Å². The molecule has 0 heterocycles. The first-order chi connectivity index (χ1) is 20.2. The van der Waals surface area contributed by atoms with Crippen LogP contribution in [0, 0.1) is 6.92 Å². The maximum Gasteiger partial charge on any atom is -0.00141 e. The van der Waals surface area contributed by atoms with E-state index in [9.17, 15) is 0 Å². The first kappa shape index (κ1) is 23.7. The van der Waals surface area contributed by atoms with Crippen molar-refractivity contribution >= 4 is 32.3 Å². The lowest BCUT2D eigenvalue weighted by Crippen LogP contribution is -1.92. The first-order valence-electron chi connectivity index (χ1n) is 14.3. The second-order valence-electron chi connectivity index (χ2n) is 11.0. The molecular formula is C41H28. The second-order valence-corrected chi connectivity index (χ2v) is 11.0. The van der Waals surface area contributed by atoms with Crippen molar-refractivity contribution in [2.75, 3.05) is 0 Å². The van der Waals surface area contributed by atoms with Crippen molar-refractivity contribution in [3.63, 3.8) is 0 Å². The van der Waals surface area contributed by atoms with Crippen LogP contribution >= 0.6 is 0 Å². The Morgan fingerprint density at radius 1 is 0.317 bits per heavy atom. The van der Waals surface area contributed by atoms with Crippen molar-refractivity contribution in [1.82, 2.24) is 0 Å². The van der Waals surface area contributed by atoms with Crippen LogP contribution in [0.2, 0.25) is 0 Å². The monoisotopic (exact) mass is 520 g/mol. The molecule has 0 saturated carbocycles. The van der Waals surface area contributed by atoms with Crippen molar-refractivity contribution in [3.8, 4) is 44.5 Å². The van der Waals surface area contributed by atoms with Gasteiger partial charge >= 0.3 is 0 Å². The number of aryl methyl sites for hydroxylation is 1. The Bertz CT molecular complexity index is 2090. The predicted octanol–water partition coefficient (Wildman–Crippen LogP) is 11.6. The third-order valence-corrected chi connectivity index (χ3v) is 8.53. The van der Waals surface area contributed by atoms with Crippen LogP contribution in [0.5, 0.6) is 0 Å². The van der Waals surface area contributed by atoms with Crippen LogP contribution in [0.4, 0.5) is 0 Å². The van der Waals surface area contributed by atoms with Crippen LogP contribution in [-0.4, -0.2) is 0 Å². The molecule has 0 aliphatic rings. The number of hydrogen-bond acceptors (Lipinski definition) is 0. The Kier molecular flexibility index (Phi) is 5.47. The summed E-state index contributed by atoms with van der Waals surface area (Å²) in [6, 6.07) is 55.7. The van der Waals surface area contributed by atoms with Crippen LogP contribution in [0.25, 0.3) is 76.8 Å². The number of hydrogen-bond donors (Lipinski definition) is 0. The van der Waals surface area contributed by atoms with Gasteiger partial charge in [-0.2, -0.15) is 0 Å². The molecule has 0 saturated heterocycles. The van der Waals surface area contributed by atoms with E-state index < -0.39 is 0 Å². The summed E-state index contributed by atoms with van der Waals surface area (Å²) in [4.78, 5) is 0. The highest BCUT2D eigenvalue weighted by Crippen LogP contribution is 2.45. The minimum atomic E-state index is 1.24. The van der Waals surface area contributed by atoms with Crippen molar-refractivity contribution in [2.45, 2.75) is 6.92 Å². The minimum Gasteiger partial charge on any atom is -0.0622 e. The van der Waals surface area contributed by atoms with Crippen LogP contribution < -0.4 is 0 Å². The van der Waals surface area contributed by atoms with Gasteiger partial charge in [-0.15, -0.1) is 0 Å². The topological polar surface area (TPSA) is 0 Å². The van der Waals surface area contributed by atoms with Gasteiger partial charge in [-0.05, 0) is 89.8 Å². The van der Waals surface area contributed by atoms with Crippen molar-refractivity contribution in [3.05, 3.63) is 157 Å². The molecule has 41 heavy (non-hydrogen) atoms. The molecule has 0 spiro atoms. The van der Waals surface area contributed by atoms with Gasteiger partial charge in [0, 0.05) is 0 Å². The van der Waals surface area contributed by atoms with E-state index in [1.165, 1.54) is 82.4 Å². The predicted molar refractivity (Wildman–Crippen MR) is 177 cm³/mol. The van der Waals surface area contributed by atoms with Gasteiger partial charge in [0.05, 0.1) is 0 Å². The summed E-state index contributed by atoms with van der Waals surface area (Å²) in [6.07, 6.45) is 0. The zero-order valence-corrected chi connectivity index (χ0v) is 22.9. The van der Waals surface area contributed by atoms with Gasteiger partial charge in [0.15, 0.2) is 0 Å². The lowest BCUT2D eigenvalue weighted by atomic mass is 9.84. The fraction of sp³-hybridized carbons (Fsp3) is 0.0244. The highest BCUT2D eigenvalue weighted by atomic mass is 14.2. The van der Waals surface area contributed by atoms with Crippen LogP contribution in [0.1, 0.15) is 5.56 Å². The molecule has 0 N–H and O–H groups in total. The third kappa shape index (κ3) is 3.91. The molecule has 8 aromatic carbocycles. The Hall–Kier alpha value is -5.20. The molecule has 0 aromatic heterocycles. The van der Waals surface area contributed by atoms with Gasteiger partial charge in [-0.3, -0.25) is 0 Å². The first-order valence-corrected chi connectivity index (χ1v) is 14.3. The van der Waals surface area contributed by atoms with E-state index in [0.717, 1.165) is 0 Å². The molecule has 0 aliphatic carbocycles. The number of benzene rings is 8. The maximum absolute atomic E-state index is 2.39. The van der Waals surface area contributed by atoms with E-state index >= 15 is 0 Å². The van der Waals surface area contributed by atoms with Crippen molar-refractivity contribution in [2.24, 2.45) is 0 Å². The molecule has 8 aromatic rings. The summed E-state index contributed by atoms with van der Waals surface area (Å²) in [7, 11) is 0. The molecule has 0 bridgehead atoms. The van der Waals surface area contributed by atoms with Gasteiger partial charge in [0.1, 0.15) is 0 Å². The molecule has 192 valence electrons. The summed E-state index contributed by atoms with van der Waals surface area (Å²) < 4.78 is 0. The highest BCUT2D eigenvalue weighted by molar-refractivity contribution is 6.29. The molecule has 0 aliphatic heterocycles. The molecule has 0 amide bonds. The second kappa shape index (κ2) is 9.47. The average molecular weight is 521 g/mol. The molecule has 0 radical (unpaired) electrons. The quantitative estimate of drug-likeness (QED) is 0.202. The van der Waals surface area contributed by atoms with Crippen LogP contribution in [0.15, 0.2) is 152 Å². The minimum absolute atomic E-state index is 1.24. The van der Waals surface area contributed by atoms with Gasteiger partial charge in [0.25, 0.3) is 0 Å². The molecular weight excluding hydrogens is 492 g/mol. The van der Waals surface area contributed by atoms with Gasteiger partial charge in [-0.25, -0.2) is 0 Å². The van der Waals surface area contributed by atoms with E-state index in [0.29, 0.717) is 0 Å². The van der Waals surface area contributed by atoms with Crippen LogP contribution in [0.3, 0.4) is 0 Å². The number of rotatable bonds is 4. The molecule has 0 atom stereocenters. The fourth-order valence-electron chi connectivity index (χ4n) is 6.45. The smallest absolute Gasteiger partial charge is 0.00141 e. The Morgan fingerprint density at radius 2 is 0.756 bits per heavy atom. The molecule has 0 fully saturated rings. The van der Waals surface area contributed by atoms with E-state index in [1.807, 2.05) is 0 Å². The van der Waals surface area contributed by atoms with E-state index in [4.69, 9.17) is 0 Å². The van der Waals surface area contributed by atoms with Gasteiger partial charge in [0.2, 0.25) is 0 Å². The molecule has 8 rings (SSSR count). The van der Waals surface area contributed by atoms with Crippen molar-refractivity contribution < 1.29 is 0 Å². The third-order valence-electron chi connectivity index (χ3n) is 8.53. The van der Waals surface area contributed by atoms with E-state index in [2.05, 4.69) is 159 Å². The summed E-state index contributed by atoms with van der Waals surface area (Å²) >= 11 is 0. The molecule has 0 nitrogen and oxygen atoms in total. The zero-order chi connectivity index (χ0) is 27.3. The van der Waals surface area contributed by atoms with Crippen molar-refractivity contribution in [1.29, 1.82) is 0 Å². The van der Waals surface area contributed by atoms with Gasteiger partial charge < -0.3 is 0 Å².